The lowest BCUT2D eigenvalue weighted by Gasteiger charge is -2.16. The van der Waals surface area contributed by atoms with Crippen LogP contribution in [0.4, 0.5) is 0 Å². The molecular formula is C28H27N3O6. The SMILES string of the molecule is COc1ccc(Cn2c(=O)c3cc(CNC=O)ccc3n(-c3ccc(CC(C)=O)cc3)c2=O)cc1OC. The van der Waals surface area contributed by atoms with Gasteiger partial charge in [0.1, 0.15) is 5.78 Å². The zero-order valence-electron chi connectivity index (χ0n) is 20.8. The van der Waals surface area contributed by atoms with Gasteiger partial charge in [-0.05, 0) is 60.0 Å². The van der Waals surface area contributed by atoms with Gasteiger partial charge in [0.15, 0.2) is 11.5 Å². The molecule has 9 nitrogen and oxygen atoms in total. The first kappa shape index (κ1) is 25.4. The Morgan fingerprint density at radius 3 is 2.22 bits per heavy atom. The van der Waals surface area contributed by atoms with Gasteiger partial charge in [-0.1, -0.05) is 24.3 Å². The van der Waals surface area contributed by atoms with Crippen LogP contribution in [0.5, 0.6) is 11.5 Å². The standard InChI is InChI=1S/C28H27N3O6/c1-18(33)12-19-4-8-22(9-5-19)31-24-10-6-20(15-29-17-32)13-23(24)27(34)30(28(31)35)16-21-7-11-25(36-2)26(14-21)37-3/h4-11,13-14,17H,12,15-16H2,1-3H3,(H,29,32). The summed E-state index contributed by atoms with van der Waals surface area (Å²) in [5.41, 5.74) is 2.26. The van der Waals surface area contributed by atoms with Gasteiger partial charge in [-0.2, -0.15) is 0 Å². The van der Waals surface area contributed by atoms with Crippen LogP contribution in [0, 0.1) is 0 Å². The summed E-state index contributed by atoms with van der Waals surface area (Å²) in [5.74, 6) is 1.06. The third-order valence-electron chi connectivity index (χ3n) is 6.03. The highest BCUT2D eigenvalue weighted by atomic mass is 16.5. The fourth-order valence-corrected chi connectivity index (χ4v) is 4.28. The third kappa shape index (κ3) is 5.30. The maximum Gasteiger partial charge on any atom is 0.336 e. The molecule has 4 rings (SSSR count). The molecule has 0 atom stereocenters. The highest BCUT2D eigenvalue weighted by molar-refractivity contribution is 5.81. The van der Waals surface area contributed by atoms with E-state index in [0.717, 1.165) is 11.1 Å². The molecule has 4 aromatic rings. The van der Waals surface area contributed by atoms with Crippen LogP contribution < -0.4 is 26.0 Å². The molecule has 0 aliphatic heterocycles. The lowest BCUT2D eigenvalue weighted by Crippen LogP contribution is -2.39. The number of nitrogens with one attached hydrogen (secondary N) is 1. The van der Waals surface area contributed by atoms with Crippen LogP contribution in [-0.2, 0) is 29.1 Å². The maximum absolute atomic E-state index is 13.8. The second kappa shape index (κ2) is 10.9. The molecule has 0 fully saturated rings. The Hall–Kier alpha value is -4.66. The summed E-state index contributed by atoms with van der Waals surface area (Å²) in [5, 5.41) is 2.93. The Kier molecular flexibility index (Phi) is 7.52. The summed E-state index contributed by atoms with van der Waals surface area (Å²) in [6.07, 6.45) is 0.880. The smallest absolute Gasteiger partial charge is 0.336 e. The van der Waals surface area contributed by atoms with Crippen LogP contribution >= 0.6 is 0 Å². The van der Waals surface area contributed by atoms with Crippen molar-refractivity contribution in [3.8, 4) is 17.2 Å². The molecule has 1 amide bonds. The van der Waals surface area contributed by atoms with Crippen molar-refractivity contribution < 1.29 is 19.1 Å². The van der Waals surface area contributed by atoms with E-state index in [-0.39, 0.29) is 18.9 Å². The van der Waals surface area contributed by atoms with Crippen molar-refractivity contribution in [3.63, 3.8) is 0 Å². The number of rotatable bonds is 10. The van der Waals surface area contributed by atoms with Crippen molar-refractivity contribution in [1.29, 1.82) is 0 Å². The summed E-state index contributed by atoms with van der Waals surface area (Å²) < 4.78 is 13.3. The Morgan fingerprint density at radius 2 is 1.57 bits per heavy atom. The van der Waals surface area contributed by atoms with Gasteiger partial charge in [0.25, 0.3) is 5.56 Å². The number of carbonyl (C=O) groups excluding carboxylic acids is 2. The molecule has 0 radical (unpaired) electrons. The van der Waals surface area contributed by atoms with Gasteiger partial charge in [-0.3, -0.25) is 23.5 Å². The van der Waals surface area contributed by atoms with E-state index in [0.29, 0.717) is 46.5 Å². The van der Waals surface area contributed by atoms with E-state index < -0.39 is 11.2 Å². The van der Waals surface area contributed by atoms with Gasteiger partial charge in [-0.25, -0.2) is 4.79 Å². The number of amides is 1. The number of methoxy groups -OCH3 is 2. The number of fused-ring (bicyclic) bond motifs is 1. The van der Waals surface area contributed by atoms with E-state index in [2.05, 4.69) is 5.32 Å². The van der Waals surface area contributed by atoms with Gasteiger partial charge in [-0.15, -0.1) is 0 Å². The number of hydrogen-bond donors (Lipinski definition) is 1. The average molecular weight is 502 g/mol. The molecule has 9 heteroatoms. The minimum atomic E-state index is -0.509. The monoisotopic (exact) mass is 501 g/mol. The zero-order chi connectivity index (χ0) is 26.5. The van der Waals surface area contributed by atoms with Gasteiger partial charge in [0.2, 0.25) is 6.41 Å². The Bertz CT molecular complexity index is 1590. The third-order valence-corrected chi connectivity index (χ3v) is 6.03. The van der Waals surface area contributed by atoms with Crippen molar-refractivity contribution >= 4 is 23.1 Å². The first-order chi connectivity index (χ1) is 17.9. The first-order valence-corrected chi connectivity index (χ1v) is 11.6. The average Bonchev–Trinajstić information content (AvgIpc) is 2.90. The van der Waals surface area contributed by atoms with E-state index in [1.807, 2.05) is 0 Å². The Morgan fingerprint density at radius 1 is 0.892 bits per heavy atom. The van der Waals surface area contributed by atoms with Gasteiger partial charge >= 0.3 is 5.69 Å². The Labute approximate surface area is 212 Å². The highest BCUT2D eigenvalue weighted by Crippen LogP contribution is 2.27. The number of benzene rings is 3. The van der Waals surface area contributed by atoms with Gasteiger partial charge in [0, 0.05) is 13.0 Å². The molecule has 190 valence electrons. The number of nitrogens with zero attached hydrogens (tertiary/aromatic N) is 2. The molecule has 0 unspecified atom stereocenters. The second-order valence-corrected chi connectivity index (χ2v) is 8.59. The van der Waals surface area contributed by atoms with Crippen LogP contribution in [0.15, 0.2) is 70.3 Å². The molecule has 0 saturated heterocycles. The lowest BCUT2D eigenvalue weighted by molar-refractivity contribution is -0.116. The fraction of sp³-hybridized carbons (Fsp3) is 0.214. The molecular weight excluding hydrogens is 474 g/mol. The molecule has 0 aliphatic rings. The van der Waals surface area contributed by atoms with Crippen molar-refractivity contribution in [3.05, 3.63) is 98.2 Å². The van der Waals surface area contributed by atoms with Gasteiger partial charge < -0.3 is 14.8 Å². The molecule has 1 N–H and O–H groups in total. The van der Waals surface area contributed by atoms with E-state index in [9.17, 15) is 19.2 Å². The van der Waals surface area contributed by atoms with Crippen LogP contribution in [0.2, 0.25) is 0 Å². The molecule has 0 bridgehead atoms. The highest BCUT2D eigenvalue weighted by Gasteiger charge is 2.17. The number of ketones is 1. The molecule has 3 aromatic carbocycles. The number of hydrogen-bond acceptors (Lipinski definition) is 6. The predicted octanol–water partition coefficient (Wildman–Crippen LogP) is 2.60. The summed E-state index contributed by atoms with van der Waals surface area (Å²) in [4.78, 5) is 49.6. The maximum atomic E-state index is 13.8. The Balaban J connectivity index is 1.92. The molecule has 0 aliphatic carbocycles. The summed E-state index contributed by atoms with van der Waals surface area (Å²) in [6, 6.07) is 17.4. The lowest BCUT2D eigenvalue weighted by atomic mass is 10.1. The second-order valence-electron chi connectivity index (χ2n) is 8.59. The van der Waals surface area contributed by atoms with Gasteiger partial charge in [0.05, 0.1) is 37.4 Å². The van der Waals surface area contributed by atoms with Crippen molar-refractivity contribution in [2.75, 3.05) is 14.2 Å². The molecule has 1 heterocycles. The molecule has 0 spiro atoms. The first-order valence-electron chi connectivity index (χ1n) is 11.6. The van der Waals surface area contributed by atoms with E-state index in [1.54, 1.807) is 60.7 Å². The minimum Gasteiger partial charge on any atom is -0.493 e. The van der Waals surface area contributed by atoms with Crippen molar-refractivity contribution in [1.82, 2.24) is 14.5 Å². The summed E-state index contributed by atoms with van der Waals surface area (Å²) in [7, 11) is 3.05. The van der Waals surface area contributed by atoms with E-state index in [1.165, 1.54) is 30.3 Å². The number of aromatic nitrogens is 2. The van der Waals surface area contributed by atoms with Crippen LogP contribution in [0.3, 0.4) is 0 Å². The quantitative estimate of drug-likeness (QED) is 0.335. The fourth-order valence-electron chi connectivity index (χ4n) is 4.28. The molecule has 0 saturated carbocycles. The summed E-state index contributed by atoms with van der Waals surface area (Å²) >= 11 is 0. The van der Waals surface area contributed by atoms with Crippen LogP contribution in [0.1, 0.15) is 23.6 Å². The number of carbonyl (C=O) groups is 2. The van der Waals surface area contributed by atoms with E-state index in [4.69, 9.17) is 9.47 Å². The number of ether oxygens (including phenoxy) is 2. The van der Waals surface area contributed by atoms with Crippen LogP contribution in [0.25, 0.3) is 16.6 Å². The molecule has 1 aromatic heterocycles. The largest absolute Gasteiger partial charge is 0.493 e. The zero-order valence-corrected chi connectivity index (χ0v) is 20.8. The normalized spacial score (nSPS) is 10.8. The minimum absolute atomic E-state index is 0.00714. The number of Topliss-reactive ketones (excluding diaryl/α,β-unsaturated/α-hetero) is 1. The summed E-state index contributed by atoms with van der Waals surface area (Å²) in [6.45, 7) is 1.77. The van der Waals surface area contributed by atoms with Crippen molar-refractivity contribution in [2.45, 2.75) is 26.4 Å². The molecule has 37 heavy (non-hydrogen) atoms. The van der Waals surface area contributed by atoms with Crippen molar-refractivity contribution in [2.24, 2.45) is 0 Å². The topological polar surface area (TPSA) is 109 Å². The van der Waals surface area contributed by atoms with E-state index >= 15 is 0 Å². The van der Waals surface area contributed by atoms with Crippen LogP contribution in [-0.4, -0.2) is 35.5 Å². The predicted molar refractivity (Wildman–Crippen MR) is 140 cm³/mol.